The molecule has 1 aromatic heterocycles. The van der Waals surface area contributed by atoms with Crippen LogP contribution in [0.25, 0.3) is 0 Å². The molecule has 8 nitrogen and oxygen atoms in total. The van der Waals surface area contributed by atoms with Gasteiger partial charge in [0.15, 0.2) is 0 Å². The number of sulfonamides is 1. The van der Waals surface area contributed by atoms with Crippen molar-refractivity contribution in [2.24, 2.45) is 5.92 Å². The number of esters is 1. The molecule has 0 aliphatic carbocycles. The third-order valence-corrected chi connectivity index (χ3v) is 5.19. The number of carboxylic acids is 1. The zero-order chi connectivity index (χ0) is 17.2. The summed E-state index contributed by atoms with van der Waals surface area (Å²) >= 11 is 0. The zero-order valence-corrected chi connectivity index (χ0v) is 13.9. The standard InChI is InChI=1S/C13H19NO7S/c1-7(12(15)16)6-14(4)22(18,19)11-9(3)21-8(2)10(11)13(17)20-5/h7H,6H2,1-5H3,(H,15,16). The maximum atomic E-state index is 12.6. The van der Waals surface area contributed by atoms with Gasteiger partial charge in [-0.05, 0) is 13.8 Å². The minimum Gasteiger partial charge on any atom is -0.481 e. The van der Waals surface area contributed by atoms with Crippen molar-refractivity contribution >= 4 is 22.0 Å². The lowest BCUT2D eigenvalue weighted by Gasteiger charge is -2.19. The highest BCUT2D eigenvalue weighted by Crippen LogP contribution is 2.29. The van der Waals surface area contributed by atoms with Crippen LogP contribution in [-0.4, -0.2) is 50.5 Å². The van der Waals surface area contributed by atoms with Crippen molar-refractivity contribution in [3.8, 4) is 0 Å². The Morgan fingerprint density at radius 3 is 2.32 bits per heavy atom. The molecule has 0 radical (unpaired) electrons. The maximum Gasteiger partial charge on any atom is 0.342 e. The smallest absolute Gasteiger partial charge is 0.342 e. The molecule has 0 spiro atoms. The van der Waals surface area contributed by atoms with Crippen LogP contribution in [0.3, 0.4) is 0 Å². The topological polar surface area (TPSA) is 114 Å². The number of carboxylic acid groups (broad SMARTS) is 1. The summed E-state index contributed by atoms with van der Waals surface area (Å²) < 4.78 is 36.0. The van der Waals surface area contributed by atoms with E-state index in [4.69, 9.17) is 9.52 Å². The summed E-state index contributed by atoms with van der Waals surface area (Å²) in [5.74, 6) is -2.66. The molecule has 0 aromatic carbocycles. The molecule has 1 atom stereocenters. The Morgan fingerprint density at radius 1 is 1.32 bits per heavy atom. The van der Waals surface area contributed by atoms with E-state index < -0.39 is 27.9 Å². The van der Waals surface area contributed by atoms with Gasteiger partial charge >= 0.3 is 11.9 Å². The van der Waals surface area contributed by atoms with Gasteiger partial charge in [-0.25, -0.2) is 13.2 Å². The molecule has 1 aromatic rings. The number of aliphatic carboxylic acids is 1. The third-order valence-electron chi connectivity index (χ3n) is 3.22. The first kappa shape index (κ1) is 18.2. The average molecular weight is 333 g/mol. The first-order valence-electron chi connectivity index (χ1n) is 6.41. The fourth-order valence-electron chi connectivity index (χ4n) is 2.03. The summed E-state index contributed by atoms with van der Waals surface area (Å²) in [6, 6.07) is 0. The largest absolute Gasteiger partial charge is 0.481 e. The van der Waals surface area contributed by atoms with Crippen molar-refractivity contribution in [3.05, 3.63) is 17.1 Å². The van der Waals surface area contributed by atoms with Crippen LogP contribution >= 0.6 is 0 Å². The van der Waals surface area contributed by atoms with Crippen molar-refractivity contribution in [2.45, 2.75) is 25.7 Å². The summed E-state index contributed by atoms with van der Waals surface area (Å²) in [6.07, 6.45) is 0. The van der Waals surface area contributed by atoms with Gasteiger partial charge in [-0.2, -0.15) is 4.31 Å². The van der Waals surface area contributed by atoms with E-state index in [2.05, 4.69) is 4.74 Å². The second-order valence-electron chi connectivity index (χ2n) is 4.93. The molecule has 0 amide bonds. The number of rotatable bonds is 6. The van der Waals surface area contributed by atoms with Gasteiger partial charge in [0.05, 0.1) is 13.0 Å². The van der Waals surface area contributed by atoms with Crippen LogP contribution in [0.5, 0.6) is 0 Å². The van der Waals surface area contributed by atoms with E-state index in [0.29, 0.717) is 0 Å². The fourth-order valence-corrected chi connectivity index (χ4v) is 3.65. The molecule has 1 N–H and O–H groups in total. The Balaban J connectivity index is 3.35. The van der Waals surface area contributed by atoms with E-state index in [1.165, 1.54) is 27.8 Å². The predicted molar refractivity (Wildman–Crippen MR) is 76.1 cm³/mol. The molecule has 1 heterocycles. The highest BCUT2D eigenvalue weighted by molar-refractivity contribution is 7.89. The Morgan fingerprint density at radius 2 is 1.86 bits per heavy atom. The van der Waals surface area contributed by atoms with Crippen LogP contribution in [-0.2, 0) is 19.6 Å². The Hall–Kier alpha value is -1.87. The SMILES string of the molecule is COC(=O)c1c(C)oc(C)c1S(=O)(=O)N(C)CC(C)C(=O)O. The lowest BCUT2D eigenvalue weighted by atomic mass is 10.2. The molecular weight excluding hydrogens is 314 g/mol. The van der Waals surface area contributed by atoms with Crippen LogP contribution < -0.4 is 0 Å². The third kappa shape index (κ3) is 3.30. The minimum absolute atomic E-state index is 0.0488. The van der Waals surface area contributed by atoms with E-state index in [9.17, 15) is 18.0 Å². The Bertz CT molecular complexity index is 689. The molecule has 0 bridgehead atoms. The number of methoxy groups -OCH3 is 1. The molecule has 0 aliphatic heterocycles. The molecule has 9 heteroatoms. The van der Waals surface area contributed by atoms with Crippen molar-refractivity contribution in [2.75, 3.05) is 20.7 Å². The van der Waals surface area contributed by atoms with Gasteiger partial charge in [-0.3, -0.25) is 4.79 Å². The molecule has 1 unspecified atom stereocenters. The number of hydrogen-bond acceptors (Lipinski definition) is 6. The highest BCUT2D eigenvalue weighted by atomic mass is 32.2. The van der Waals surface area contributed by atoms with Gasteiger partial charge in [-0.15, -0.1) is 0 Å². The molecule has 124 valence electrons. The van der Waals surface area contributed by atoms with Crippen LogP contribution in [0.1, 0.15) is 28.8 Å². The summed E-state index contributed by atoms with van der Waals surface area (Å²) in [7, 11) is -1.70. The number of nitrogens with zero attached hydrogens (tertiary/aromatic N) is 1. The quantitative estimate of drug-likeness (QED) is 0.773. The van der Waals surface area contributed by atoms with Crippen LogP contribution in [0.15, 0.2) is 9.31 Å². The van der Waals surface area contributed by atoms with E-state index in [-0.39, 0.29) is 28.5 Å². The number of aryl methyl sites for hydroxylation is 2. The highest BCUT2D eigenvalue weighted by Gasteiger charge is 2.35. The van der Waals surface area contributed by atoms with Crippen molar-refractivity contribution in [1.82, 2.24) is 4.31 Å². The van der Waals surface area contributed by atoms with Crippen LogP contribution in [0.4, 0.5) is 0 Å². The van der Waals surface area contributed by atoms with Crippen molar-refractivity contribution in [1.29, 1.82) is 0 Å². The van der Waals surface area contributed by atoms with Gasteiger partial charge < -0.3 is 14.3 Å². The van der Waals surface area contributed by atoms with Gasteiger partial charge in [0.1, 0.15) is 22.0 Å². The number of ether oxygens (including phenoxy) is 1. The first-order valence-corrected chi connectivity index (χ1v) is 7.85. The van der Waals surface area contributed by atoms with Crippen LogP contribution in [0.2, 0.25) is 0 Å². The summed E-state index contributed by atoms with van der Waals surface area (Å²) in [6.45, 7) is 4.03. The van der Waals surface area contributed by atoms with E-state index in [0.717, 1.165) is 11.4 Å². The molecule has 0 fully saturated rings. The molecule has 0 saturated heterocycles. The fraction of sp³-hybridized carbons (Fsp3) is 0.538. The number of carbonyl (C=O) groups is 2. The second kappa shape index (κ2) is 6.49. The molecule has 1 rings (SSSR count). The van der Waals surface area contributed by atoms with Crippen molar-refractivity contribution in [3.63, 3.8) is 0 Å². The second-order valence-corrected chi connectivity index (χ2v) is 6.92. The maximum absolute atomic E-state index is 12.6. The molecular formula is C13H19NO7S. The number of hydrogen-bond donors (Lipinski definition) is 1. The van der Waals surface area contributed by atoms with E-state index >= 15 is 0 Å². The van der Waals surface area contributed by atoms with Crippen molar-refractivity contribution < 1.29 is 32.3 Å². The molecule has 0 aliphatic rings. The van der Waals surface area contributed by atoms with Gasteiger partial charge in [0, 0.05) is 13.6 Å². The average Bonchev–Trinajstić information content (AvgIpc) is 2.72. The summed E-state index contributed by atoms with van der Waals surface area (Å²) in [5, 5.41) is 8.89. The summed E-state index contributed by atoms with van der Waals surface area (Å²) in [4.78, 5) is 22.4. The predicted octanol–water partition coefficient (Wildman–Crippen LogP) is 1.02. The zero-order valence-electron chi connectivity index (χ0n) is 13.0. The minimum atomic E-state index is -4.09. The lowest BCUT2D eigenvalue weighted by molar-refractivity contribution is -0.141. The molecule has 22 heavy (non-hydrogen) atoms. The monoisotopic (exact) mass is 333 g/mol. The Kier molecular flexibility index (Phi) is 5.36. The Labute approximate surface area is 128 Å². The van der Waals surface area contributed by atoms with Gasteiger partial charge in [0.25, 0.3) is 0 Å². The number of carbonyl (C=O) groups excluding carboxylic acids is 1. The van der Waals surface area contributed by atoms with Gasteiger partial charge in [0.2, 0.25) is 10.0 Å². The van der Waals surface area contributed by atoms with E-state index in [1.54, 1.807) is 0 Å². The van der Waals surface area contributed by atoms with Crippen LogP contribution in [0, 0.1) is 19.8 Å². The van der Waals surface area contributed by atoms with E-state index in [1.807, 2.05) is 0 Å². The van der Waals surface area contributed by atoms with Gasteiger partial charge in [-0.1, -0.05) is 6.92 Å². The first-order chi connectivity index (χ1) is 10.0. The number of furan rings is 1. The lowest BCUT2D eigenvalue weighted by Crippen LogP contribution is -2.34. The molecule has 0 saturated carbocycles. The normalized spacial score (nSPS) is 13.2. The summed E-state index contributed by atoms with van der Waals surface area (Å²) in [5.41, 5.74) is -0.171.